The summed E-state index contributed by atoms with van der Waals surface area (Å²) in [7, 11) is 1.50. The van der Waals surface area contributed by atoms with Crippen LogP contribution in [-0.2, 0) is 6.42 Å². The summed E-state index contributed by atoms with van der Waals surface area (Å²) < 4.78 is 0. The van der Waals surface area contributed by atoms with Crippen molar-refractivity contribution in [3.63, 3.8) is 0 Å². The largest absolute Gasteiger partial charge is 0.388 e. The quantitative estimate of drug-likeness (QED) is 0.607. The van der Waals surface area contributed by atoms with Crippen molar-refractivity contribution in [3.05, 3.63) is 35.4 Å². The van der Waals surface area contributed by atoms with E-state index in [9.17, 15) is 5.11 Å². The molecule has 2 rings (SSSR count). The molecule has 1 aromatic rings. The van der Waals surface area contributed by atoms with E-state index in [0.717, 1.165) is 18.4 Å². The van der Waals surface area contributed by atoms with Crippen LogP contribution in [0.25, 0.3) is 0 Å². The van der Waals surface area contributed by atoms with Crippen molar-refractivity contribution in [1.29, 1.82) is 0 Å². The SMILES string of the molecule is CN.O[C@H]1CCc2ccccc21. The summed E-state index contributed by atoms with van der Waals surface area (Å²) in [5.74, 6) is 0. The molecule has 66 valence electrons. The summed E-state index contributed by atoms with van der Waals surface area (Å²) in [4.78, 5) is 0. The van der Waals surface area contributed by atoms with Gasteiger partial charge in [-0.25, -0.2) is 0 Å². The number of hydrogen-bond acceptors (Lipinski definition) is 2. The summed E-state index contributed by atoms with van der Waals surface area (Å²) in [6.07, 6.45) is 1.74. The van der Waals surface area contributed by atoms with Crippen LogP contribution in [-0.4, -0.2) is 12.2 Å². The van der Waals surface area contributed by atoms with Crippen molar-refractivity contribution >= 4 is 0 Å². The van der Waals surface area contributed by atoms with Crippen LogP contribution in [0.3, 0.4) is 0 Å². The number of benzene rings is 1. The van der Waals surface area contributed by atoms with Crippen LogP contribution in [0.5, 0.6) is 0 Å². The van der Waals surface area contributed by atoms with Crippen LogP contribution in [0.2, 0.25) is 0 Å². The highest BCUT2D eigenvalue weighted by Crippen LogP contribution is 2.29. The van der Waals surface area contributed by atoms with Gasteiger partial charge in [0.25, 0.3) is 0 Å². The molecular formula is C10H15NO. The zero-order valence-electron chi connectivity index (χ0n) is 7.33. The maximum atomic E-state index is 9.38. The fourth-order valence-electron chi connectivity index (χ4n) is 1.53. The number of hydrogen-bond donors (Lipinski definition) is 2. The van der Waals surface area contributed by atoms with Crippen molar-refractivity contribution in [2.75, 3.05) is 7.05 Å². The predicted octanol–water partition coefficient (Wildman–Crippen LogP) is 1.24. The van der Waals surface area contributed by atoms with E-state index in [-0.39, 0.29) is 6.10 Å². The number of nitrogens with two attached hydrogens (primary N) is 1. The second-order valence-electron chi connectivity index (χ2n) is 2.75. The Labute approximate surface area is 73.0 Å². The Morgan fingerprint density at radius 2 is 2.00 bits per heavy atom. The Bertz CT molecular complexity index is 247. The van der Waals surface area contributed by atoms with E-state index in [0.29, 0.717) is 0 Å². The van der Waals surface area contributed by atoms with Crippen LogP contribution < -0.4 is 5.73 Å². The van der Waals surface area contributed by atoms with Gasteiger partial charge in [0.15, 0.2) is 0 Å². The molecule has 1 aliphatic rings. The van der Waals surface area contributed by atoms with Crippen LogP contribution >= 0.6 is 0 Å². The van der Waals surface area contributed by atoms with Gasteiger partial charge in [-0.15, -0.1) is 0 Å². The molecule has 0 unspecified atom stereocenters. The van der Waals surface area contributed by atoms with Crippen LogP contribution in [0, 0.1) is 0 Å². The molecule has 0 saturated carbocycles. The van der Waals surface area contributed by atoms with E-state index in [1.807, 2.05) is 18.2 Å². The zero-order valence-corrected chi connectivity index (χ0v) is 7.33. The topological polar surface area (TPSA) is 46.2 Å². The monoisotopic (exact) mass is 165 g/mol. The molecule has 1 atom stereocenters. The van der Waals surface area contributed by atoms with Crippen molar-refractivity contribution < 1.29 is 5.11 Å². The normalized spacial score (nSPS) is 19.4. The van der Waals surface area contributed by atoms with E-state index in [1.165, 1.54) is 12.6 Å². The van der Waals surface area contributed by atoms with Crippen molar-refractivity contribution in [2.24, 2.45) is 5.73 Å². The molecule has 0 heterocycles. The second-order valence-corrected chi connectivity index (χ2v) is 2.75. The minimum absolute atomic E-state index is 0.198. The highest BCUT2D eigenvalue weighted by atomic mass is 16.3. The van der Waals surface area contributed by atoms with Gasteiger partial charge in [-0.2, -0.15) is 0 Å². The Morgan fingerprint density at radius 1 is 1.33 bits per heavy atom. The summed E-state index contributed by atoms with van der Waals surface area (Å²) in [5.41, 5.74) is 6.94. The lowest BCUT2D eigenvalue weighted by Crippen LogP contribution is -1.88. The molecule has 3 N–H and O–H groups in total. The van der Waals surface area contributed by atoms with E-state index in [1.54, 1.807) is 0 Å². The van der Waals surface area contributed by atoms with Gasteiger partial charge < -0.3 is 10.8 Å². The van der Waals surface area contributed by atoms with Gasteiger partial charge in [-0.1, -0.05) is 24.3 Å². The molecule has 0 aliphatic heterocycles. The first-order chi connectivity index (χ1) is 5.88. The third-order valence-electron chi connectivity index (χ3n) is 2.10. The molecule has 0 aromatic heterocycles. The minimum atomic E-state index is -0.198. The average molecular weight is 165 g/mol. The zero-order chi connectivity index (χ0) is 8.97. The van der Waals surface area contributed by atoms with Gasteiger partial charge in [0.05, 0.1) is 6.10 Å². The fraction of sp³-hybridized carbons (Fsp3) is 0.400. The molecule has 1 aromatic carbocycles. The Balaban J connectivity index is 0.000000336. The number of fused-ring (bicyclic) bond motifs is 1. The van der Waals surface area contributed by atoms with Crippen molar-refractivity contribution in [3.8, 4) is 0 Å². The highest BCUT2D eigenvalue weighted by molar-refractivity contribution is 5.32. The molecule has 2 heteroatoms. The Hall–Kier alpha value is -0.860. The maximum absolute atomic E-state index is 9.38. The highest BCUT2D eigenvalue weighted by Gasteiger charge is 2.18. The molecule has 1 aliphatic carbocycles. The fourth-order valence-corrected chi connectivity index (χ4v) is 1.53. The lowest BCUT2D eigenvalue weighted by atomic mass is 10.1. The van der Waals surface area contributed by atoms with Crippen molar-refractivity contribution in [2.45, 2.75) is 18.9 Å². The van der Waals surface area contributed by atoms with E-state index < -0.39 is 0 Å². The third-order valence-corrected chi connectivity index (χ3v) is 2.10. The lowest BCUT2D eigenvalue weighted by molar-refractivity contribution is 0.180. The van der Waals surface area contributed by atoms with E-state index in [2.05, 4.69) is 11.8 Å². The second kappa shape index (κ2) is 4.24. The average Bonchev–Trinajstić information content (AvgIpc) is 2.53. The summed E-state index contributed by atoms with van der Waals surface area (Å²) in [6.45, 7) is 0. The first-order valence-electron chi connectivity index (χ1n) is 4.21. The van der Waals surface area contributed by atoms with Gasteiger partial charge in [-0.05, 0) is 31.0 Å². The number of aliphatic hydroxyl groups is 1. The first kappa shape index (κ1) is 9.23. The minimum Gasteiger partial charge on any atom is -0.388 e. The molecule has 0 amide bonds. The predicted molar refractivity (Wildman–Crippen MR) is 49.8 cm³/mol. The molecular weight excluding hydrogens is 150 g/mol. The van der Waals surface area contributed by atoms with Crippen LogP contribution in [0.15, 0.2) is 24.3 Å². The number of aryl methyl sites for hydroxylation is 1. The molecule has 0 spiro atoms. The summed E-state index contributed by atoms with van der Waals surface area (Å²) >= 11 is 0. The van der Waals surface area contributed by atoms with Gasteiger partial charge in [0.2, 0.25) is 0 Å². The van der Waals surface area contributed by atoms with Gasteiger partial charge >= 0.3 is 0 Å². The number of aliphatic hydroxyl groups excluding tert-OH is 1. The third kappa shape index (κ3) is 1.65. The molecule has 0 fully saturated rings. The molecule has 0 bridgehead atoms. The van der Waals surface area contributed by atoms with E-state index >= 15 is 0 Å². The lowest BCUT2D eigenvalue weighted by Gasteiger charge is -2.00. The van der Waals surface area contributed by atoms with Crippen LogP contribution in [0.1, 0.15) is 23.7 Å². The summed E-state index contributed by atoms with van der Waals surface area (Å²) in [6, 6.07) is 8.10. The van der Waals surface area contributed by atoms with Gasteiger partial charge in [0.1, 0.15) is 0 Å². The molecule has 12 heavy (non-hydrogen) atoms. The smallest absolute Gasteiger partial charge is 0.0795 e. The van der Waals surface area contributed by atoms with Crippen LogP contribution in [0.4, 0.5) is 0 Å². The summed E-state index contributed by atoms with van der Waals surface area (Å²) in [5, 5.41) is 9.38. The van der Waals surface area contributed by atoms with Gasteiger partial charge in [0, 0.05) is 0 Å². The standard InChI is InChI=1S/C9H10O.CH5N/c10-9-6-5-7-3-1-2-4-8(7)9;1-2/h1-4,9-10H,5-6H2;2H2,1H3/t9-;/m0./s1. The first-order valence-corrected chi connectivity index (χ1v) is 4.21. The van der Waals surface area contributed by atoms with Gasteiger partial charge in [-0.3, -0.25) is 0 Å². The maximum Gasteiger partial charge on any atom is 0.0795 e. The molecule has 0 saturated heterocycles. The van der Waals surface area contributed by atoms with Crippen molar-refractivity contribution in [1.82, 2.24) is 0 Å². The molecule has 2 nitrogen and oxygen atoms in total. The Morgan fingerprint density at radius 3 is 2.67 bits per heavy atom. The number of rotatable bonds is 0. The molecule has 0 radical (unpaired) electrons. The Kier molecular flexibility index (Phi) is 3.26. The van der Waals surface area contributed by atoms with E-state index in [4.69, 9.17) is 0 Å².